The first-order valence-electron chi connectivity index (χ1n) is 8.12. The molecule has 1 aliphatic rings. The van der Waals surface area contributed by atoms with E-state index in [0.29, 0.717) is 6.04 Å². The average molecular weight is 255 g/mol. The monoisotopic (exact) mass is 255 g/mol. The number of unbranched alkanes of at least 4 members (excludes halogenated alkanes) is 1. The highest BCUT2D eigenvalue weighted by molar-refractivity contribution is 4.86. The number of rotatable bonds is 12. The fourth-order valence-corrected chi connectivity index (χ4v) is 2.45. The van der Waals surface area contributed by atoms with Crippen molar-refractivity contribution in [1.29, 1.82) is 0 Å². The van der Waals surface area contributed by atoms with Crippen molar-refractivity contribution in [2.24, 2.45) is 11.8 Å². The van der Waals surface area contributed by atoms with Crippen molar-refractivity contribution in [1.82, 2.24) is 5.32 Å². The molecule has 2 unspecified atom stereocenters. The SMILES string of the molecule is CCCCC(CC)COCC(NCCC)C1CC1. The normalized spacial score (nSPS) is 18.8. The third-order valence-corrected chi connectivity index (χ3v) is 4.04. The summed E-state index contributed by atoms with van der Waals surface area (Å²) in [6, 6.07) is 0.619. The summed E-state index contributed by atoms with van der Waals surface area (Å²) in [5.41, 5.74) is 0. The Morgan fingerprint density at radius 1 is 1.11 bits per heavy atom. The molecule has 0 amide bonds. The minimum atomic E-state index is 0.619. The summed E-state index contributed by atoms with van der Waals surface area (Å²) in [4.78, 5) is 0. The molecule has 0 aromatic rings. The first-order chi connectivity index (χ1) is 8.81. The van der Waals surface area contributed by atoms with E-state index in [-0.39, 0.29) is 0 Å². The van der Waals surface area contributed by atoms with Crippen LogP contribution in [0.1, 0.15) is 65.7 Å². The lowest BCUT2D eigenvalue weighted by Gasteiger charge is -2.20. The Labute approximate surface area is 114 Å². The van der Waals surface area contributed by atoms with Gasteiger partial charge >= 0.3 is 0 Å². The lowest BCUT2D eigenvalue weighted by molar-refractivity contribution is 0.0722. The van der Waals surface area contributed by atoms with Crippen molar-refractivity contribution in [2.75, 3.05) is 19.8 Å². The van der Waals surface area contributed by atoms with Crippen LogP contribution >= 0.6 is 0 Å². The highest BCUT2D eigenvalue weighted by Crippen LogP contribution is 2.32. The fourth-order valence-electron chi connectivity index (χ4n) is 2.45. The molecule has 1 rings (SSSR count). The van der Waals surface area contributed by atoms with Crippen LogP contribution in [-0.4, -0.2) is 25.8 Å². The Bertz CT molecular complexity index is 192. The molecule has 2 atom stereocenters. The molecule has 0 radical (unpaired) electrons. The van der Waals surface area contributed by atoms with Gasteiger partial charge in [-0.15, -0.1) is 0 Å². The third-order valence-electron chi connectivity index (χ3n) is 4.04. The van der Waals surface area contributed by atoms with Crippen LogP contribution in [0.2, 0.25) is 0 Å². The molecule has 1 saturated carbocycles. The molecule has 2 heteroatoms. The second kappa shape index (κ2) is 9.80. The van der Waals surface area contributed by atoms with Crippen LogP contribution in [0.5, 0.6) is 0 Å². The summed E-state index contributed by atoms with van der Waals surface area (Å²) >= 11 is 0. The van der Waals surface area contributed by atoms with Gasteiger partial charge < -0.3 is 10.1 Å². The topological polar surface area (TPSA) is 21.3 Å². The van der Waals surface area contributed by atoms with Crippen LogP contribution in [0, 0.1) is 11.8 Å². The maximum Gasteiger partial charge on any atom is 0.0622 e. The molecule has 0 aromatic heterocycles. The molecular weight excluding hydrogens is 222 g/mol. The molecule has 2 nitrogen and oxygen atoms in total. The van der Waals surface area contributed by atoms with Crippen molar-refractivity contribution < 1.29 is 4.74 Å². The Kier molecular flexibility index (Phi) is 8.70. The second-order valence-corrected chi connectivity index (χ2v) is 5.85. The van der Waals surface area contributed by atoms with Gasteiger partial charge in [-0.1, -0.05) is 40.0 Å². The van der Waals surface area contributed by atoms with Crippen LogP contribution in [-0.2, 0) is 4.74 Å². The molecular formula is C16H33NO. The molecule has 0 aromatic carbocycles. The van der Waals surface area contributed by atoms with Crippen molar-refractivity contribution in [3.63, 3.8) is 0 Å². The zero-order valence-corrected chi connectivity index (χ0v) is 12.7. The Morgan fingerprint density at radius 2 is 1.89 bits per heavy atom. The van der Waals surface area contributed by atoms with Crippen LogP contribution < -0.4 is 5.32 Å². The van der Waals surface area contributed by atoms with E-state index in [2.05, 4.69) is 26.1 Å². The van der Waals surface area contributed by atoms with E-state index in [1.54, 1.807) is 0 Å². The Balaban J connectivity index is 2.12. The maximum atomic E-state index is 5.98. The minimum Gasteiger partial charge on any atom is -0.380 e. The second-order valence-electron chi connectivity index (χ2n) is 5.85. The maximum absolute atomic E-state index is 5.98. The summed E-state index contributed by atoms with van der Waals surface area (Å²) < 4.78 is 5.98. The van der Waals surface area contributed by atoms with Gasteiger partial charge in [0.15, 0.2) is 0 Å². The van der Waals surface area contributed by atoms with Gasteiger partial charge in [-0.2, -0.15) is 0 Å². The van der Waals surface area contributed by atoms with Crippen molar-refractivity contribution >= 4 is 0 Å². The molecule has 0 spiro atoms. The first kappa shape index (κ1) is 16.0. The zero-order chi connectivity index (χ0) is 13.2. The van der Waals surface area contributed by atoms with Gasteiger partial charge in [0.25, 0.3) is 0 Å². The molecule has 18 heavy (non-hydrogen) atoms. The van der Waals surface area contributed by atoms with Gasteiger partial charge in [0.2, 0.25) is 0 Å². The molecule has 0 heterocycles. The molecule has 1 aliphatic carbocycles. The van der Waals surface area contributed by atoms with E-state index in [1.165, 1.54) is 44.9 Å². The van der Waals surface area contributed by atoms with Gasteiger partial charge in [0.05, 0.1) is 6.61 Å². The van der Waals surface area contributed by atoms with Crippen molar-refractivity contribution in [3.05, 3.63) is 0 Å². The Morgan fingerprint density at radius 3 is 2.44 bits per heavy atom. The van der Waals surface area contributed by atoms with Crippen LogP contribution in [0.3, 0.4) is 0 Å². The minimum absolute atomic E-state index is 0.619. The van der Waals surface area contributed by atoms with E-state index in [4.69, 9.17) is 4.74 Å². The van der Waals surface area contributed by atoms with Gasteiger partial charge in [0.1, 0.15) is 0 Å². The van der Waals surface area contributed by atoms with Gasteiger partial charge in [-0.25, -0.2) is 0 Å². The van der Waals surface area contributed by atoms with Crippen LogP contribution in [0.4, 0.5) is 0 Å². The van der Waals surface area contributed by atoms with E-state index in [1.807, 2.05) is 0 Å². The van der Waals surface area contributed by atoms with E-state index in [0.717, 1.165) is 31.6 Å². The van der Waals surface area contributed by atoms with Crippen LogP contribution in [0.15, 0.2) is 0 Å². The smallest absolute Gasteiger partial charge is 0.0622 e. The van der Waals surface area contributed by atoms with E-state index >= 15 is 0 Å². The van der Waals surface area contributed by atoms with Gasteiger partial charge in [0, 0.05) is 12.6 Å². The third kappa shape index (κ3) is 6.75. The number of hydrogen-bond donors (Lipinski definition) is 1. The number of nitrogens with one attached hydrogen (secondary N) is 1. The summed E-state index contributed by atoms with van der Waals surface area (Å²) in [7, 11) is 0. The molecule has 1 fully saturated rings. The predicted molar refractivity (Wildman–Crippen MR) is 78.9 cm³/mol. The fraction of sp³-hybridized carbons (Fsp3) is 1.00. The lowest BCUT2D eigenvalue weighted by Crippen LogP contribution is -2.36. The van der Waals surface area contributed by atoms with Crippen LogP contribution in [0.25, 0.3) is 0 Å². The summed E-state index contributed by atoms with van der Waals surface area (Å²) in [6.45, 7) is 9.82. The molecule has 0 bridgehead atoms. The summed E-state index contributed by atoms with van der Waals surface area (Å²) in [5, 5.41) is 3.64. The number of hydrogen-bond acceptors (Lipinski definition) is 2. The highest BCUT2D eigenvalue weighted by atomic mass is 16.5. The summed E-state index contributed by atoms with van der Waals surface area (Å²) in [6.07, 6.45) is 9.27. The molecule has 0 saturated heterocycles. The molecule has 0 aliphatic heterocycles. The quantitative estimate of drug-likeness (QED) is 0.569. The largest absolute Gasteiger partial charge is 0.380 e. The standard InChI is InChI=1S/C16H33NO/c1-4-7-8-14(6-3)12-18-13-16(15-9-10-15)17-11-5-2/h14-17H,4-13H2,1-3H3. The van der Waals surface area contributed by atoms with Gasteiger partial charge in [-0.05, 0) is 44.1 Å². The van der Waals surface area contributed by atoms with Crippen molar-refractivity contribution in [2.45, 2.75) is 71.8 Å². The predicted octanol–water partition coefficient (Wildman–Crippen LogP) is 4.00. The highest BCUT2D eigenvalue weighted by Gasteiger charge is 2.30. The Hall–Kier alpha value is -0.0800. The van der Waals surface area contributed by atoms with E-state index in [9.17, 15) is 0 Å². The zero-order valence-electron chi connectivity index (χ0n) is 12.7. The summed E-state index contributed by atoms with van der Waals surface area (Å²) in [5.74, 6) is 1.67. The van der Waals surface area contributed by atoms with E-state index < -0.39 is 0 Å². The molecule has 108 valence electrons. The lowest BCUT2D eigenvalue weighted by atomic mass is 10.0. The number of ether oxygens (including phenoxy) is 1. The van der Waals surface area contributed by atoms with Gasteiger partial charge in [-0.3, -0.25) is 0 Å². The average Bonchev–Trinajstić information content (AvgIpc) is 3.21. The van der Waals surface area contributed by atoms with Crippen molar-refractivity contribution in [3.8, 4) is 0 Å². The first-order valence-corrected chi connectivity index (χ1v) is 8.12. The molecule has 1 N–H and O–H groups in total.